The summed E-state index contributed by atoms with van der Waals surface area (Å²) >= 11 is 0. The fraction of sp³-hybridized carbons (Fsp3) is 0.500. The minimum atomic E-state index is 0.326. The molecule has 0 amide bonds. The average Bonchev–Trinajstić information content (AvgIpc) is 3.03. The van der Waals surface area contributed by atoms with Crippen LogP contribution in [0.4, 0.5) is 0 Å². The highest BCUT2D eigenvalue weighted by molar-refractivity contribution is 5.46. The van der Waals surface area contributed by atoms with Crippen molar-refractivity contribution in [1.29, 1.82) is 0 Å². The van der Waals surface area contributed by atoms with E-state index in [9.17, 15) is 0 Å². The molecular weight excluding hydrogens is 356 g/mol. The Kier molecular flexibility index (Phi) is 11.1. The molecule has 158 valence electrons. The van der Waals surface area contributed by atoms with Gasteiger partial charge in [-0.05, 0) is 30.4 Å². The van der Waals surface area contributed by atoms with Gasteiger partial charge in [0.15, 0.2) is 6.40 Å². The van der Waals surface area contributed by atoms with Crippen LogP contribution in [-0.4, -0.2) is 37.0 Å². The van der Waals surface area contributed by atoms with Crippen LogP contribution >= 0.6 is 0 Å². The average molecular weight is 395 g/mol. The molecule has 2 atom stereocenters. The van der Waals surface area contributed by atoms with Crippen molar-refractivity contribution in [3.8, 4) is 0 Å². The van der Waals surface area contributed by atoms with Crippen molar-refractivity contribution >= 4 is 6.40 Å². The SMILES string of the molecule is CC.COC=N[C@H]1CCCCC[C@H]1N(CCc1ccccc1)Cc1ccccc1. The Hall–Kier alpha value is -2.13. The van der Waals surface area contributed by atoms with Crippen LogP contribution in [0.25, 0.3) is 0 Å². The molecule has 0 saturated heterocycles. The Labute approximate surface area is 177 Å². The van der Waals surface area contributed by atoms with Crippen LogP contribution in [0.15, 0.2) is 65.7 Å². The second-order valence-corrected chi connectivity index (χ2v) is 7.45. The maximum Gasteiger partial charge on any atom is 0.169 e. The third-order valence-corrected chi connectivity index (χ3v) is 5.53. The maximum atomic E-state index is 5.15. The van der Waals surface area contributed by atoms with E-state index >= 15 is 0 Å². The fourth-order valence-electron chi connectivity index (χ4n) is 4.10. The third kappa shape index (κ3) is 8.02. The van der Waals surface area contributed by atoms with Crippen LogP contribution in [0.1, 0.15) is 57.1 Å². The van der Waals surface area contributed by atoms with Crippen molar-refractivity contribution in [3.05, 3.63) is 71.8 Å². The van der Waals surface area contributed by atoms with E-state index in [4.69, 9.17) is 9.73 Å². The first-order chi connectivity index (χ1) is 14.4. The number of hydrogen-bond acceptors (Lipinski definition) is 3. The first-order valence-corrected chi connectivity index (χ1v) is 11.2. The van der Waals surface area contributed by atoms with Gasteiger partial charge in [-0.1, -0.05) is 93.8 Å². The molecule has 0 radical (unpaired) electrons. The van der Waals surface area contributed by atoms with Crippen molar-refractivity contribution in [2.75, 3.05) is 13.7 Å². The lowest BCUT2D eigenvalue weighted by molar-refractivity contribution is 0.156. The molecule has 2 aromatic rings. The quantitative estimate of drug-likeness (QED) is 0.305. The molecule has 1 aliphatic rings. The van der Waals surface area contributed by atoms with Crippen LogP contribution < -0.4 is 0 Å². The number of benzene rings is 2. The van der Waals surface area contributed by atoms with Gasteiger partial charge in [0.25, 0.3) is 0 Å². The standard InChI is InChI=1S/C24H32N2O.C2H6/c1-27-20-25-23-15-9-4-10-16-24(23)26(19-22-13-7-3-8-14-22)18-17-21-11-5-2-6-12-21;1-2/h2-3,5-8,11-14,20,23-24H,4,9-10,15-19H2,1H3;1-2H3/t23-,24+;/m0./s1. The number of aliphatic imine (C=N–C) groups is 1. The summed E-state index contributed by atoms with van der Waals surface area (Å²) in [5.41, 5.74) is 2.78. The minimum Gasteiger partial charge on any atom is -0.487 e. The normalized spacial score (nSPS) is 19.4. The van der Waals surface area contributed by atoms with E-state index in [2.05, 4.69) is 65.6 Å². The molecule has 0 N–H and O–H groups in total. The lowest BCUT2D eigenvalue weighted by Gasteiger charge is -2.35. The Balaban J connectivity index is 0.00000145. The summed E-state index contributed by atoms with van der Waals surface area (Å²) in [6.45, 7) is 6.04. The largest absolute Gasteiger partial charge is 0.487 e. The van der Waals surface area contributed by atoms with Gasteiger partial charge >= 0.3 is 0 Å². The smallest absolute Gasteiger partial charge is 0.169 e. The highest BCUT2D eigenvalue weighted by Gasteiger charge is 2.28. The summed E-state index contributed by atoms with van der Waals surface area (Å²) in [5.74, 6) is 0. The van der Waals surface area contributed by atoms with Crippen LogP contribution in [0.3, 0.4) is 0 Å². The first kappa shape index (κ1) is 23.2. The molecule has 0 heterocycles. The Morgan fingerprint density at radius 1 is 0.897 bits per heavy atom. The monoisotopic (exact) mass is 394 g/mol. The van der Waals surface area contributed by atoms with Gasteiger partial charge in [0, 0.05) is 19.1 Å². The van der Waals surface area contributed by atoms with Gasteiger partial charge in [0.05, 0.1) is 13.2 Å². The highest BCUT2D eigenvalue weighted by Crippen LogP contribution is 2.26. The molecule has 1 aliphatic carbocycles. The molecule has 0 aliphatic heterocycles. The summed E-state index contributed by atoms with van der Waals surface area (Å²) in [5, 5.41) is 0. The number of methoxy groups -OCH3 is 1. The summed E-state index contributed by atoms with van der Waals surface area (Å²) in [6, 6.07) is 22.5. The molecule has 0 aromatic heterocycles. The van der Waals surface area contributed by atoms with E-state index in [1.165, 1.54) is 36.8 Å². The zero-order valence-electron chi connectivity index (χ0n) is 18.5. The number of nitrogens with zero attached hydrogens (tertiary/aromatic N) is 2. The molecule has 1 saturated carbocycles. The molecule has 3 nitrogen and oxygen atoms in total. The number of hydrogen-bond donors (Lipinski definition) is 0. The van der Waals surface area contributed by atoms with Crippen molar-refractivity contribution in [1.82, 2.24) is 4.90 Å². The zero-order chi connectivity index (χ0) is 20.7. The molecule has 0 bridgehead atoms. The van der Waals surface area contributed by atoms with Gasteiger partial charge in [-0.2, -0.15) is 0 Å². The van der Waals surface area contributed by atoms with Gasteiger partial charge in [-0.15, -0.1) is 0 Å². The molecular formula is C26H38N2O. The molecule has 1 fully saturated rings. The topological polar surface area (TPSA) is 24.8 Å². The maximum absolute atomic E-state index is 5.15. The van der Waals surface area contributed by atoms with Crippen LogP contribution in [0, 0.1) is 0 Å². The van der Waals surface area contributed by atoms with Gasteiger partial charge in [-0.3, -0.25) is 9.89 Å². The Morgan fingerprint density at radius 2 is 1.52 bits per heavy atom. The van der Waals surface area contributed by atoms with Gasteiger partial charge in [0.2, 0.25) is 0 Å². The zero-order valence-corrected chi connectivity index (χ0v) is 18.5. The van der Waals surface area contributed by atoms with Crippen molar-refractivity contribution < 1.29 is 4.74 Å². The third-order valence-electron chi connectivity index (χ3n) is 5.53. The van der Waals surface area contributed by atoms with Gasteiger partial charge in [-0.25, -0.2) is 0 Å². The molecule has 0 spiro atoms. The first-order valence-electron chi connectivity index (χ1n) is 11.2. The Morgan fingerprint density at radius 3 is 2.17 bits per heavy atom. The highest BCUT2D eigenvalue weighted by atomic mass is 16.5. The Bertz CT molecular complexity index is 672. The van der Waals surface area contributed by atoms with Crippen LogP contribution in [0.5, 0.6) is 0 Å². The predicted molar refractivity (Wildman–Crippen MR) is 125 cm³/mol. The number of ether oxygens (including phenoxy) is 1. The predicted octanol–water partition coefficient (Wildman–Crippen LogP) is 6.13. The fourth-order valence-corrected chi connectivity index (χ4v) is 4.10. The molecule has 3 rings (SSSR count). The molecule has 2 aromatic carbocycles. The van der Waals surface area contributed by atoms with Gasteiger partial charge in [0.1, 0.15) is 0 Å². The van der Waals surface area contributed by atoms with Gasteiger partial charge < -0.3 is 4.74 Å². The molecule has 29 heavy (non-hydrogen) atoms. The van der Waals surface area contributed by atoms with Crippen LogP contribution in [-0.2, 0) is 17.7 Å². The van der Waals surface area contributed by atoms with E-state index in [1.54, 1.807) is 13.5 Å². The number of rotatable bonds is 8. The summed E-state index contributed by atoms with van der Waals surface area (Å²) in [6.07, 6.45) is 8.95. The van der Waals surface area contributed by atoms with Crippen LogP contribution in [0.2, 0.25) is 0 Å². The van der Waals surface area contributed by atoms with E-state index in [1.807, 2.05) is 13.8 Å². The van der Waals surface area contributed by atoms with E-state index < -0.39 is 0 Å². The molecule has 3 heteroatoms. The lowest BCUT2D eigenvalue weighted by Crippen LogP contribution is -2.43. The summed E-state index contributed by atoms with van der Waals surface area (Å²) in [7, 11) is 1.69. The summed E-state index contributed by atoms with van der Waals surface area (Å²) < 4.78 is 5.15. The van der Waals surface area contributed by atoms with E-state index in [0.29, 0.717) is 12.1 Å². The minimum absolute atomic E-state index is 0.326. The molecule has 0 unspecified atom stereocenters. The lowest BCUT2D eigenvalue weighted by atomic mass is 10.00. The second-order valence-electron chi connectivity index (χ2n) is 7.45. The van der Waals surface area contributed by atoms with Crippen molar-refractivity contribution in [2.24, 2.45) is 4.99 Å². The van der Waals surface area contributed by atoms with E-state index in [-0.39, 0.29) is 0 Å². The van der Waals surface area contributed by atoms with Crippen molar-refractivity contribution in [2.45, 2.75) is 71.0 Å². The summed E-state index contributed by atoms with van der Waals surface area (Å²) in [4.78, 5) is 7.43. The van der Waals surface area contributed by atoms with E-state index in [0.717, 1.165) is 25.9 Å². The van der Waals surface area contributed by atoms with Crippen molar-refractivity contribution in [3.63, 3.8) is 0 Å². The second kappa shape index (κ2) is 13.9.